The molecule has 0 aliphatic rings. The van der Waals surface area contributed by atoms with E-state index in [2.05, 4.69) is 35.9 Å². The summed E-state index contributed by atoms with van der Waals surface area (Å²) in [5, 5.41) is 20.0. The summed E-state index contributed by atoms with van der Waals surface area (Å²) < 4.78 is 0. The number of aromatic amines is 1. The maximum absolute atomic E-state index is 11.7. The molecule has 2 aromatic rings. The van der Waals surface area contributed by atoms with Crippen LogP contribution in [-0.2, 0) is 7.05 Å². The molecule has 0 spiro atoms. The molecule has 17 heavy (non-hydrogen) atoms. The van der Waals surface area contributed by atoms with Crippen molar-refractivity contribution in [3.8, 4) is 0 Å². The molecule has 0 saturated heterocycles. The van der Waals surface area contributed by atoms with E-state index in [0.717, 1.165) is 0 Å². The van der Waals surface area contributed by atoms with E-state index in [0.29, 0.717) is 5.82 Å². The number of carbonyl (C=O) groups is 1. The van der Waals surface area contributed by atoms with Gasteiger partial charge in [-0.1, -0.05) is 18.9 Å². The Labute approximate surface area is 96.6 Å². The fourth-order valence-electron chi connectivity index (χ4n) is 1.13. The first-order chi connectivity index (χ1) is 8.06. The maximum Gasteiger partial charge on any atom is 0.297 e. The Morgan fingerprint density at radius 3 is 2.76 bits per heavy atom. The average Bonchev–Trinajstić information content (AvgIpc) is 2.86. The number of aromatic nitrogens is 7. The first-order valence-electron chi connectivity index (χ1n) is 5.04. The van der Waals surface area contributed by atoms with Gasteiger partial charge < -0.3 is 0 Å². The zero-order valence-corrected chi connectivity index (χ0v) is 9.67. The van der Waals surface area contributed by atoms with Crippen LogP contribution in [-0.4, -0.2) is 41.3 Å². The minimum absolute atomic E-state index is 0.0566. The van der Waals surface area contributed by atoms with Gasteiger partial charge in [-0.3, -0.25) is 15.2 Å². The average molecular weight is 236 g/mol. The third kappa shape index (κ3) is 2.44. The number of hydrogen-bond acceptors (Lipinski definition) is 6. The second-order valence-electron chi connectivity index (χ2n) is 3.76. The molecule has 0 unspecified atom stereocenters. The standard InChI is InChI=1S/C8H12N8O/c1-4(2)5-9-6(12-11-5)7(17)10-8-13-15-16(3)14-8/h4H,1-3H3,(H,9,11,12)(H,10,14,17). The molecule has 0 fully saturated rings. The molecular formula is C8H12N8O. The molecule has 0 aromatic carbocycles. The number of nitrogens with one attached hydrogen (secondary N) is 2. The van der Waals surface area contributed by atoms with Crippen LogP contribution in [0.1, 0.15) is 36.2 Å². The van der Waals surface area contributed by atoms with Gasteiger partial charge in [0.15, 0.2) is 0 Å². The second kappa shape index (κ2) is 4.28. The van der Waals surface area contributed by atoms with Crippen LogP contribution in [0.4, 0.5) is 5.95 Å². The van der Waals surface area contributed by atoms with E-state index in [-0.39, 0.29) is 17.7 Å². The quantitative estimate of drug-likeness (QED) is 0.756. The molecular weight excluding hydrogens is 224 g/mol. The van der Waals surface area contributed by atoms with Gasteiger partial charge in [0.1, 0.15) is 5.82 Å². The molecule has 0 atom stereocenters. The number of hydrogen-bond donors (Lipinski definition) is 2. The molecule has 9 nitrogen and oxygen atoms in total. The van der Waals surface area contributed by atoms with Gasteiger partial charge in [0.05, 0.1) is 7.05 Å². The first kappa shape index (κ1) is 11.2. The molecule has 0 aliphatic carbocycles. The van der Waals surface area contributed by atoms with Crippen LogP contribution in [0.25, 0.3) is 0 Å². The third-order valence-corrected chi connectivity index (χ3v) is 1.99. The van der Waals surface area contributed by atoms with E-state index >= 15 is 0 Å². The van der Waals surface area contributed by atoms with E-state index in [1.165, 1.54) is 4.80 Å². The van der Waals surface area contributed by atoms with Crippen molar-refractivity contribution in [3.05, 3.63) is 11.6 Å². The van der Waals surface area contributed by atoms with Crippen LogP contribution in [0.15, 0.2) is 0 Å². The lowest BCUT2D eigenvalue weighted by atomic mass is 10.2. The van der Waals surface area contributed by atoms with Crippen LogP contribution in [0.2, 0.25) is 0 Å². The minimum atomic E-state index is -0.471. The first-order valence-corrected chi connectivity index (χ1v) is 5.04. The Morgan fingerprint density at radius 2 is 2.24 bits per heavy atom. The van der Waals surface area contributed by atoms with E-state index in [1.54, 1.807) is 7.05 Å². The van der Waals surface area contributed by atoms with Crippen molar-refractivity contribution in [1.82, 2.24) is 35.4 Å². The Kier molecular flexibility index (Phi) is 2.81. The molecule has 2 N–H and O–H groups in total. The largest absolute Gasteiger partial charge is 0.297 e. The van der Waals surface area contributed by atoms with Crippen molar-refractivity contribution in [2.24, 2.45) is 7.05 Å². The summed E-state index contributed by atoms with van der Waals surface area (Å²) in [5.41, 5.74) is 0. The SMILES string of the molecule is CC(C)c1nc(C(=O)Nc2nnn(C)n2)n[nH]1. The summed E-state index contributed by atoms with van der Waals surface area (Å²) in [6.45, 7) is 3.90. The number of anilines is 1. The highest BCUT2D eigenvalue weighted by Crippen LogP contribution is 2.08. The molecule has 0 saturated carbocycles. The number of H-pyrrole nitrogens is 1. The Balaban J connectivity index is 2.09. The van der Waals surface area contributed by atoms with E-state index in [4.69, 9.17) is 0 Å². The van der Waals surface area contributed by atoms with Crippen LogP contribution in [0.5, 0.6) is 0 Å². The lowest BCUT2D eigenvalue weighted by Gasteiger charge is -1.95. The van der Waals surface area contributed by atoms with E-state index in [1.807, 2.05) is 13.8 Å². The Hall–Kier alpha value is -2.32. The number of nitrogens with zero attached hydrogens (tertiary/aromatic N) is 6. The predicted molar refractivity (Wildman–Crippen MR) is 57.2 cm³/mol. The van der Waals surface area contributed by atoms with Crippen molar-refractivity contribution in [2.45, 2.75) is 19.8 Å². The highest BCUT2D eigenvalue weighted by molar-refractivity contribution is 6.00. The van der Waals surface area contributed by atoms with Crippen molar-refractivity contribution >= 4 is 11.9 Å². The summed E-state index contributed by atoms with van der Waals surface area (Å²) in [6.07, 6.45) is 0. The molecule has 90 valence electrons. The lowest BCUT2D eigenvalue weighted by Crippen LogP contribution is -2.15. The zero-order chi connectivity index (χ0) is 12.4. The zero-order valence-electron chi connectivity index (χ0n) is 9.67. The molecule has 1 amide bonds. The molecule has 0 bridgehead atoms. The number of rotatable bonds is 3. The molecule has 0 radical (unpaired) electrons. The van der Waals surface area contributed by atoms with Crippen LogP contribution >= 0.6 is 0 Å². The van der Waals surface area contributed by atoms with Gasteiger partial charge in [-0.05, 0) is 5.21 Å². The normalized spacial score (nSPS) is 10.8. The molecule has 0 aliphatic heterocycles. The van der Waals surface area contributed by atoms with Crippen molar-refractivity contribution in [3.63, 3.8) is 0 Å². The Morgan fingerprint density at radius 1 is 1.47 bits per heavy atom. The Bertz CT molecular complexity index is 527. The smallest absolute Gasteiger partial charge is 0.285 e. The number of tetrazole rings is 1. The van der Waals surface area contributed by atoms with Gasteiger partial charge in [-0.25, -0.2) is 4.98 Å². The van der Waals surface area contributed by atoms with Gasteiger partial charge in [0.2, 0.25) is 5.82 Å². The van der Waals surface area contributed by atoms with Gasteiger partial charge in [-0.2, -0.15) is 4.80 Å². The van der Waals surface area contributed by atoms with Gasteiger partial charge in [0.25, 0.3) is 11.9 Å². The van der Waals surface area contributed by atoms with Gasteiger partial charge in [-0.15, -0.1) is 10.2 Å². The highest BCUT2D eigenvalue weighted by atomic mass is 16.2. The van der Waals surface area contributed by atoms with Crippen molar-refractivity contribution < 1.29 is 4.79 Å². The predicted octanol–water partition coefficient (Wildman–Crippen LogP) is -0.296. The van der Waals surface area contributed by atoms with Crippen LogP contribution in [0, 0.1) is 0 Å². The van der Waals surface area contributed by atoms with Gasteiger partial charge in [0, 0.05) is 5.92 Å². The summed E-state index contributed by atoms with van der Waals surface area (Å²) in [5.74, 6) is 0.539. The minimum Gasteiger partial charge on any atom is -0.285 e. The van der Waals surface area contributed by atoms with Crippen LogP contribution in [0.3, 0.4) is 0 Å². The van der Waals surface area contributed by atoms with E-state index in [9.17, 15) is 4.79 Å². The monoisotopic (exact) mass is 236 g/mol. The van der Waals surface area contributed by atoms with Crippen molar-refractivity contribution in [1.29, 1.82) is 0 Å². The number of aryl methyl sites for hydroxylation is 1. The second-order valence-corrected chi connectivity index (χ2v) is 3.76. The van der Waals surface area contributed by atoms with Gasteiger partial charge >= 0.3 is 0 Å². The van der Waals surface area contributed by atoms with E-state index < -0.39 is 5.91 Å². The summed E-state index contributed by atoms with van der Waals surface area (Å²) in [4.78, 5) is 17.0. The maximum atomic E-state index is 11.7. The number of amides is 1. The molecule has 2 aromatic heterocycles. The van der Waals surface area contributed by atoms with Crippen molar-refractivity contribution in [2.75, 3.05) is 5.32 Å². The third-order valence-electron chi connectivity index (χ3n) is 1.99. The topological polar surface area (TPSA) is 114 Å². The lowest BCUT2D eigenvalue weighted by molar-refractivity contribution is 0.101. The molecule has 2 heterocycles. The number of carbonyl (C=O) groups excluding carboxylic acids is 1. The van der Waals surface area contributed by atoms with Crippen LogP contribution < -0.4 is 5.32 Å². The highest BCUT2D eigenvalue weighted by Gasteiger charge is 2.15. The summed E-state index contributed by atoms with van der Waals surface area (Å²) in [7, 11) is 1.60. The molecule has 2 rings (SSSR count). The molecule has 9 heteroatoms. The fraction of sp³-hybridized carbons (Fsp3) is 0.500. The fourth-order valence-corrected chi connectivity index (χ4v) is 1.13. The summed E-state index contributed by atoms with van der Waals surface area (Å²) in [6, 6.07) is 0. The summed E-state index contributed by atoms with van der Waals surface area (Å²) >= 11 is 0.